The Morgan fingerprint density at radius 1 is 1.07 bits per heavy atom. The molecule has 3 rings (SSSR count). The number of Topliss-reactive ketones (excluding diaryl/α,β-unsaturated/α-hetero) is 1. The normalized spacial score (nSPS) is 18.9. The first-order valence-corrected chi connectivity index (χ1v) is 9.66. The number of likely N-dealkylation sites (tertiary alicyclic amines) is 1. The van der Waals surface area contributed by atoms with E-state index in [1.807, 2.05) is 20.2 Å². The van der Waals surface area contributed by atoms with Crippen LogP contribution in [0.4, 0.5) is 0 Å². The lowest BCUT2D eigenvalue weighted by Gasteiger charge is -2.25. The smallest absolute Gasteiger partial charge is 0.295 e. The molecular formula is C22H24ClN2O3+. The summed E-state index contributed by atoms with van der Waals surface area (Å²) in [7, 11) is 4.08. The number of aliphatic hydroxyl groups is 1. The molecule has 1 atom stereocenters. The molecule has 2 aromatic rings. The van der Waals surface area contributed by atoms with Gasteiger partial charge in [-0.05, 0) is 17.7 Å². The molecule has 5 nitrogen and oxygen atoms in total. The van der Waals surface area contributed by atoms with Crippen LogP contribution in [-0.2, 0) is 9.59 Å². The van der Waals surface area contributed by atoms with E-state index in [4.69, 9.17) is 11.6 Å². The van der Waals surface area contributed by atoms with Gasteiger partial charge in [0.2, 0.25) is 0 Å². The summed E-state index contributed by atoms with van der Waals surface area (Å²) in [6.45, 7) is 1.31. The Bertz CT molecular complexity index is 892. The fourth-order valence-electron chi connectivity index (χ4n) is 3.46. The van der Waals surface area contributed by atoms with Gasteiger partial charge in [-0.15, -0.1) is 0 Å². The lowest BCUT2D eigenvalue weighted by Crippen LogP contribution is -3.05. The Morgan fingerprint density at radius 2 is 1.71 bits per heavy atom. The topological polar surface area (TPSA) is 62.0 Å². The van der Waals surface area contributed by atoms with Crippen LogP contribution in [0.5, 0.6) is 0 Å². The SMILES string of the molecule is C[NH+](C)CCCN1C(=O)C(=O)C(=C(O)c2ccccc2)[C@@H]1c1ccc(Cl)cc1. The van der Waals surface area contributed by atoms with Gasteiger partial charge in [-0.3, -0.25) is 9.59 Å². The highest BCUT2D eigenvalue weighted by molar-refractivity contribution is 6.46. The molecule has 0 aromatic heterocycles. The molecule has 28 heavy (non-hydrogen) atoms. The number of ketones is 1. The largest absolute Gasteiger partial charge is 0.507 e. The number of quaternary nitrogens is 1. The van der Waals surface area contributed by atoms with E-state index < -0.39 is 17.7 Å². The van der Waals surface area contributed by atoms with Crippen LogP contribution in [0.2, 0.25) is 5.02 Å². The summed E-state index contributed by atoms with van der Waals surface area (Å²) in [6, 6.07) is 15.2. The van der Waals surface area contributed by atoms with Crippen LogP contribution in [0.25, 0.3) is 5.76 Å². The highest BCUT2D eigenvalue weighted by Gasteiger charge is 2.45. The Hall–Kier alpha value is -2.63. The molecular weight excluding hydrogens is 376 g/mol. The quantitative estimate of drug-likeness (QED) is 0.445. The molecule has 2 N–H and O–H groups in total. The molecule has 0 spiro atoms. The first kappa shape index (κ1) is 20.1. The lowest BCUT2D eigenvalue weighted by molar-refractivity contribution is -0.858. The number of hydrogen-bond acceptors (Lipinski definition) is 3. The number of amides is 1. The van der Waals surface area contributed by atoms with E-state index >= 15 is 0 Å². The van der Waals surface area contributed by atoms with E-state index in [2.05, 4.69) is 0 Å². The van der Waals surface area contributed by atoms with Gasteiger partial charge in [-0.25, -0.2) is 0 Å². The summed E-state index contributed by atoms with van der Waals surface area (Å²) in [5.41, 5.74) is 1.38. The first-order chi connectivity index (χ1) is 13.4. The standard InChI is InChI=1S/C22H23ClN2O3/c1-24(2)13-6-14-25-19(15-9-11-17(23)12-10-15)18(21(27)22(25)28)20(26)16-7-4-3-5-8-16/h3-5,7-12,19,26H,6,13-14H2,1-2H3/p+1/t19-/m0/s1. The van der Waals surface area contributed by atoms with E-state index in [0.717, 1.165) is 18.5 Å². The van der Waals surface area contributed by atoms with Crippen LogP contribution < -0.4 is 4.90 Å². The van der Waals surface area contributed by atoms with Crippen LogP contribution in [0, 0.1) is 0 Å². The fourth-order valence-corrected chi connectivity index (χ4v) is 3.58. The molecule has 0 bridgehead atoms. The van der Waals surface area contributed by atoms with Gasteiger partial charge in [0.25, 0.3) is 11.7 Å². The number of carbonyl (C=O) groups excluding carboxylic acids is 2. The summed E-state index contributed by atoms with van der Waals surface area (Å²) in [5.74, 6) is -1.38. The van der Waals surface area contributed by atoms with Crippen molar-refractivity contribution in [1.82, 2.24) is 4.90 Å². The number of benzene rings is 2. The van der Waals surface area contributed by atoms with Gasteiger partial charge in [0.05, 0.1) is 32.3 Å². The van der Waals surface area contributed by atoms with Gasteiger partial charge in [0.15, 0.2) is 0 Å². The van der Waals surface area contributed by atoms with Crippen molar-refractivity contribution in [2.75, 3.05) is 27.2 Å². The number of nitrogens with zero attached hydrogens (tertiary/aromatic N) is 1. The number of nitrogens with one attached hydrogen (secondary N) is 1. The Balaban J connectivity index is 2.07. The van der Waals surface area contributed by atoms with Crippen LogP contribution >= 0.6 is 11.6 Å². The van der Waals surface area contributed by atoms with Gasteiger partial charge in [-0.1, -0.05) is 54.1 Å². The zero-order valence-electron chi connectivity index (χ0n) is 16.0. The van der Waals surface area contributed by atoms with Crippen molar-refractivity contribution in [2.45, 2.75) is 12.5 Å². The molecule has 0 unspecified atom stereocenters. The molecule has 1 saturated heterocycles. The van der Waals surface area contributed by atoms with E-state index in [1.165, 1.54) is 4.90 Å². The van der Waals surface area contributed by atoms with Crippen LogP contribution in [0.15, 0.2) is 60.2 Å². The summed E-state index contributed by atoms with van der Waals surface area (Å²) in [4.78, 5) is 28.4. The number of halogens is 1. The fraction of sp³-hybridized carbons (Fsp3) is 0.273. The molecule has 1 aliphatic rings. The predicted molar refractivity (Wildman–Crippen MR) is 109 cm³/mol. The highest BCUT2D eigenvalue weighted by Crippen LogP contribution is 2.39. The number of hydrogen-bond donors (Lipinski definition) is 2. The minimum Gasteiger partial charge on any atom is -0.507 e. The molecule has 1 amide bonds. The summed E-state index contributed by atoms with van der Waals surface area (Å²) in [5, 5.41) is 11.4. The second kappa shape index (κ2) is 8.59. The summed E-state index contributed by atoms with van der Waals surface area (Å²) in [6.07, 6.45) is 0.755. The maximum Gasteiger partial charge on any atom is 0.295 e. The molecule has 1 fully saturated rings. The highest BCUT2D eigenvalue weighted by atomic mass is 35.5. The van der Waals surface area contributed by atoms with Gasteiger partial charge in [0.1, 0.15) is 5.76 Å². The Morgan fingerprint density at radius 3 is 2.32 bits per heavy atom. The molecule has 6 heteroatoms. The zero-order valence-corrected chi connectivity index (χ0v) is 16.7. The van der Waals surface area contributed by atoms with Crippen LogP contribution in [0.3, 0.4) is 0 Å². The molecule has 0 saturated carbocycles. The van der Waals surface area contributed by atoms with Gasteiger partial charge in [0, 0.05) is 23.6 Å². The van der Waals surface area contributed by atoms with E-state index in [9.17, 15) is 14.7 Å². The van der Waals surface area contributed by atoms with Crippen molar-refractivity contribution in [3.63, 3.8) is 0 Å². The summed E-state index contributed by atoms with van der Waals surface area (Å²) >= 11 is 6.01. The van der Waals surface area contributed by atoms with E-state index in [1.54, 1.807) is 53.4 Å². The van der Waals surface area contributed by atoms with Gasteiger partial charge in [-0.2, -0.15) is 0 Å². The lowest BCUT2D eigenvalue weighted by atomic mass is 9.95. The number of aliphatic hydroxyl groups excluding tert-OH is 1. The third kappa shape index (κ3) is 4.11. The minimum atomic E-state index is -0.654. The molecule has 2 aromatic carbocycles. The van der Waals surface area contributed by atoms with Crippen molar-refractivity contribution in [2.24, 2.45) is 0 Å². The van der Waals surface area contributed by atoms with Crippen molar-refractivity contribution in [3.8, 4) is 0 Å². The van der Waals surface area contributed by atoms with Crippen LogP contribution in [0.1, 0.15) is 23.6 Å². The Labute approximate surface area is 169 Å². The molecule has 1 heterocycles. The van der Waals surface area contributed by atoms with Gasteiger partial charge >= 0.3 is 0 Å². The maximum atomic E-state index is 12.8. The molecule has 146 valence electrons. The van der Waals surface area contributed by atoms with Gasteiger partial charge < -0.3 is 14.9 Å². The maximum absolute atomic E-state index is 12.8. The molecule has 1 aliphatic heterocycles. The average Bonchev–Trinajstić information content (AvgIpc) is 2.93. The third-order valence-electron chi connectivity index (χ3n) is 4.85. The van der Waals surface area contributed by atoms with Crippen molar-refractivity contribution in [1.29, 1.82) is 0 Å². The average molecular weight is 400 g/mol. The summed E-state index contributed by atoms with van der Waals surface area (Å²) < 4.78 is 0. The Kier molecular flexibility index (Phi) is 6.17. The van der Waals surface area contributed by atoms with E-state index in [0.29, 0.717) is 17.1 Å². The second-order valence-electron chi connectivity index (χ2n) is 7.22. The van der Waals surface area contributed by atoms with Crippen molar-refractivity contribution >= 4 is 29.1 Å². The number of carbonyl (C=O) groups is 2. The first-order valence-electron chi connectivity index (χ1n) is 9.28. The molecule has 0 aliphatic carbocycles. The minimum absolute atomic E-state index is 0.121. The second-order valence-corrected chi connectivity index (χ2v) is 7.66. The van der Waals surface area contributed by atoms with Crippen molar-refractivity contribution in [3.05, 3.63) is 76.3 Å². The predicted octanol–water partition coefficient (Wildman–Crippen LogP) is 2.30. The number of rotatable bonds is 6. The monoisotopic (exact) mass is 399 g/mol. The third-order valence-corrected chi connectivity index (χ3v) is 5.10. The van der Waals surface area contributed by atoms with Crippen molar-refractivity contribution < 1.29 is 19.6 Å². The van der Waals surface area contributed by atoms with E-state index in [-0.39, 0.29) is 11.3 Å². The van der Waals surface area contributed by atoms with Crippen LogP contribution in [-0.4, -0.2) is 48.9 Å². The molecule has 0 radical (unpaired) electrons. The zero-order chi connectivity index (χ0) is 20.3.